The molecule has 7 aromatic rings. The van der Waals surface area contributed by atoms with Crippen LogP contribution in [0.5, 0.6) is 17.2 Å². The van der Waals surface area contributed by atoms with Gasteiger partial charge in [-0.3, -0.25) is 0 Å². The van der Waals surface area contributed by atoms with Crippen LogP contribution in [0, 0.1) is 0 Å². The predicted molar refractivity (Wildman–Crippen MR) is 397 cm³/mol. The number of nitrogens with zero attached hydrogens (tertiary/aromatic N) is 5. The third kappa shape index (κ3) is 18.0. The van der Waals surface area contributed by atoms with E-state index in [0.29, 0.717) is 13.2 Å². The van der Waals surface area contributed by atoms with Crippen LogP contribution in [0.2, 0.25) is 0 Å². The highest BCUT2D eigenvalue weighted by Crippen LogP contribution is 2.40. The van der Waals surface area contributed by atoms with Crippen LogP contribution in [0.25, 0.3) is 90.9 Å². The van der Waals surface area contributed by atoms with Crippen LogP contribution in [0.15, 0.2) is 121 Å². The van der Waals surface area contributed by atoms with Gasteiger partial charge in [-0.2, -0.15) is 0 Å². The molecule has 0 saturated carbocycles. The van der Waals surface area contributed by atoms with Crippen molar-refractivity contribution < 1.29 is 27.7 Å². The van der Waals surface area contributed by atoms with Crippen molar-refractivity contribution in [3.63, 3.8) is 0 Å². The summed E-state index contributed by atoms with van der Waals surface area (Å²) in [5.41, 5.74) is 17.1. The lowest BCUT2D eigenvalue weighted by Gasteiger charge is -2.35. The van der Waals surface area contributed by atoms with Gasteiger partial charge in [0.2, 0.25) is 0 Å². The molecule has 0 unspecified atom stereocenters. The van der Waals surface area contributed by atoms with E-state index in [9.17, 15) is 0 Å². The van der Waals surface area contributed by atoms with Crippen LogP contribution >= 0.6 is 0 Å². The molecule has 496 valence electrons. The quantitative estimate of drug-likeness (QED) is 0.0296. The van der Waals surface area contributed by atoms with Crippen molar-refractivity contribution in [3.05, 3.63) is 150 Å². The van der Waals surface area contributed by atoms with Gasteiger partial charge in [0, 0.05) is 57.2 Å². The minimum atomic E-state index is 0.679. The summed E-state index contributed by atoms with van der Waals surface area (Å²) in [5.74, 6) is 2.63. The molecule has 10 heteroatoms. The first kappa shape index (κ1) is 70.1. The average molecular weight is 1260 g/mol. The van der Waals surface area contributed by atoms with Gasteiger partial charge in [0.05, 0.1) is 121 Å². The van der Waals surface area contributed by atoms with Crippen LogP contribution in [-0.2, 0) is 6.42 Å². The van der Waals surface area contributed by atoms with Crippen molar-refractivity contribution in [2.75, 3.05) is 98.4 Å². The Morgan fingerprint density at radius 1 is 0.290 bits per heavy atom. The number of ether oxygens (including phenoxy) is 3. The van der Waals surface area contributed by atoms with Crippen LogP contribution < -0.4 is 14.2 Å². The number of rotatable bonds is 39. The Bertz CT molecular complexity index is 3560. The van der Waals surface area contributed by atoms with Crippen molar-refractivity contribution in [1.82, 2.24) is 19.9 Å². The van der Waals surface area contributed by atoms with E-state index < -0.39 is 0 Å². The van der Waals surface area contributed by atoms with E-state index in [0.717, 1.165) is 200 Å². The van der Waals surface area contributed by atoms with Crippen LogP contribution in [0.4, 0.5) is 0 Å². The first-order valence-electron chi connectivity index (χ1n) is 36.5. The predicted octanol–water partition coefficient (Wildman–Crippen LogP) is 20.7. The number of benzene rings is 4. The average Bonchev–Trinajstić information content (AvgIpc) is 1.65. The fourth-order valence-corrected chi connectivity index (χ4v) is 14.4. The molecule has 0 fully saturated rings. The summed E-state index contributed by atoms with van der Waals surface area (Å²) in [6, 6.07) is 44.1. The monoisotopic (exact) mass is 1260 g/mol. The second-order valence-electron chi connectivity index (χ2n) is 26.4. The molecule has 4 aromatic carbocycles. The van der Waals surface area contributed by atoms with E-state index in [1.807, 2.05) is 0 Å². The highest BCUT2D eigenvalue weighted by molar-refractivity contribution is 6.00. The van der Waals surface area contributed by atoms with Crippen molar-refractivity contribution in [2.45, 2.75) is 159 Å². The number of quaternary nitrogens is 3. The normalized spacial score (nSPS) is 12.5. The molecule has 8 bridgehead atoms. The smallest absolute Gasteiger partial charge is 0.119 e. The lowest BCUT2D eigenvalue weighted by atomic mass is 10.00. The number of hydrogen-bond acceptors (Lipinski definition) is 5. The molecule has 0 aliphatic carbocycles. The summed E-state index contributed by atoms with van der Waals surface area (Å²) < 4.78 is 22.8. The van der Waals surface area contributed by atoms with E-state index in [2.05, 4.69) is 225 Å². The van der Waals surface area contributed by atoms with Crippen LogP contribution in [0.1, 0.15) is 181 Å². The second-order valence-corrected chi connectivity index (χ2v) is 26.4. The molecule has 10 nitrogen and oxygen atoms in total. The van der Waals surface area contributed by atoms with Gasteiger partial charge in [-0.05, 0) is 201 Å². The zero-order valence-electron chi connectivity index (χ0n) is 58.8. The summed E-state index contributed by atoms with van der Waals surface area (Å²) >= 11 is 0. The van der Waals surface area contributed by atoms with Gasteiger partial charge < -0.3 is 37.6 Å². The van der Waals surface area contributed by atoms with Gasteiger partial charge in [0.15, 0.2) is 0 Å². The minimum Gasteiger partial charge on any atom is -0.494 e. The lowest BCUT2D eigenvalue weighted by Crippen LogP contribution is -2.48. The number of H-pyrrole nitrogens is 2. The van der Waals surface area contributed by atoms with Crippen LogP contribution in [-0.4, -0.2) is 132 Å². The Hall–Kier alpha value is -7.24. The summed E-state index contributed by atoms with van der Waals surface area (Å²) in [5, 5.41) is 0. The first-order chi connectivity index (χ1) is 45.5. The maximum absolute atomic E-state index is 6.47. The maximum atomic E-state index is 6.47. The molecule has 0 radical (unpaired) electrons. The Balaban J connectivity index is 1.15. The summed E-state index contributed by atoms with van der Waals surface area (Å²) in [4.78, 5) is 19.3. The molecule has 0 amide bonds. The fourth-order valence-electron chi connectivity index (χ4n) is 14.4. The molecule has 2 aliphatic rings. The van der Waals surface area contributed by atoms with Gasteiger partial charge in [0.1, 0.15) is 17.2 Å². The third-order valence-corrected chi connectivity index (χ3v) is 21.4. The Morgan fingerprint density at radius 2 is 0.570 bits per heavy atom. The molecule has 2 N–H and O–H groups in total. The highest BCUT2D eigenvalue weighted by atomic mass is 16.5. The Morgan fingerprint density at radius 3 is 0.882 bits per heavy atom. The van der Waals surface area contributed by atoms with Gasteiger partial charge >= 0.3 is 0 Å². The zero-order valence-corrected chi connectivity index (χ0v) is 58.8. The number of aryl methyl sites for hydroxylation is 1. The van der Waals surface area contributed by atoms with E-state index >= 15 is 0 Å². The van der Waals surface area contributed by atoms with Crippen molar-refractivity contribution in [1.29, 1.82) is 0 Å². The van der Waals surface area contributed by atoms with Gasteiger partial charge in [0.25, 0.3) is 0 Å². The fraction of sp³-hybridized carbons (Fsp3) is 0.470. The first-order valence-corrected chi connectivity index (χ1v) is 36.5. The minimum absolute atomic E-state index is 0.679. The van der Waals surface area contributed by atoms with E-state index in [1.54, 1.807) is 0 Å². The molecule has 2 aliphatic heterocycles. The van der Waals surface area contributed by atoms with E-state index in [-0.39, 0.29) is 0 Å². The summed E-state index contributed by atoms with van der Waals surface area (Å²) in [6.45, 7) is 39.1. The molecule has 0 atom stereocenters. The standard InChI is InChI=1S/C83H114N7O3/c1-11-21-22-23-24-25-26-27-30-61-91-69-44-38-66(39-45-69)81-74-52-50-72(84-74)80(65-36-34-64(35-37-65)33-28-29-58-88(12-2,13-3)14-4)73-51-53-75(85-73)82(67-40-46-70(47-41-67)92-62-31-59-89(15-5,16-6)17-7)77-55-57-79(87-77)83(78-56-54-76(81)86-78)68-42-48-71(49-43-68)93-63-32-60-90(18-8,19-9)20-10/h34-57,85-86H,11-33,58-63H2,1-10H3/q+3. The number of hydrogen-bond donors (Lipinski definition) is 2. The van der Waals surface area contributed by atoms with Crippen molar-refractivity contribution in [2.24, 2.45) is 0 Å². The molecule has 3 aromatic heterocycles. The summed E-state index contributed by atoms with van der Waals surface area (Å²) in [6.07, 6.45) is 25.8. The van der Waals surface area contributed by atoms with Crippen LogP contribution in [0.3, 0.4) is 0 Å². The Labute approximate surface area is 560 Å². The van der Waals surface area contributed by atoms with Gasteiger partial charge in [-0.15, -0.1) is 0 Å². The topological polar surface area (TPSA) is 85.1 Å². The largest absolute Gasteiger partial charge is 0.494 e. The number of fused-ring (bicyclic) bond motifs is 8. The number of nitrogens with one attached hydrogen (secondary N) is 2. The number of aromatic nitrogens is 4. The molecular weight excluding hydrogens is 1140 g/mol. The van der Waals surface area contributed by atoms with Gasteiger partial charge in [-0.1, -0.05) is 119 Å². The summed E-state index contributed by atoms with van der Waals surface area (Å²) in [7, 11) is 0. The molecule has 9 rings (SSSR count). The molecule has 93 heavy (non-hydrogen) atoms. The maximum Gasteiger partial charge on any atom is 0.119 e. The third-order valence-electron chi connectivity index (χ3n) is 21.4. The molecular formula is C83H114N7O3+3. The zero-order chi connectivity index (χ0) is 65.5. The second kappa shape index (κ2) is 34.8. The molecule has 5 heterocycles. The SMILES string of the molecule is CCCCCCCCCCCOc1ccc(-c2c3nc(c(-c4ccc(CCCC[N+](CC)(CC)CC)cc4)c4ccc([nH]4)c(-c4ccc(OCCC[N+](CC)(CC)CC)cc4)c4nc(c(-c5ccc(OCCC[N+](CC)(CC)CC)cc5)c5ccc2[nH]5)C=C4)C=C3)cc1. The highest BCUT2D eigenvalue weighted by Gasteiger charge is 2.24. The number of unbranched alkanes of at least 4 members (excludes halogenated alkanes) is 9. The lowest BCUT2D eigenvalue weighted by molar-refractivity contribution is -0.923. The molecule has 0 spiro atoms. The van der Waals surface area contributed by atoms with Gasteiger partial charge in [-0.25, -0.2) is 9.97 Å². The number of aromatic amines is 2. The van der Waals surface area contributed by atoms with E-state index in [4.69, 9.17) is 24.2 Å². The molecule has 0 saturated heterocycles. The Kier molecular flexibility index (Phi) is 26.2. The van der Waals surface area contributed by atoms with E-state index in [1.165, 1.54) is 100 Å². The van der Waals surface area contributed by atoms with Crippen molar-refractivity contribution >= 4 is 46.4 Å². The van der Waals surface area contributed by atoms with Crippen molar-refractivity contribution in [3.8, 4) is 61.8 Å².